The monoisotopic (exact) mass is 424 g/mol. The molecule has 3 rings (SSSR count). The third kappa shape index (κ3) is 6.94. The Kier molecular flexibility index (Phi) is 8.68. The van der Waals surface area contributed by atoms with E-state index in [4.69, 9.17) is 14.2 Å². The minimum absolute atomic E-state index is 0.109. The molecule has 2 heterocycles. The minimum Gasteiger partial charge on any atom is -0.444 e. The lowest BCUT2D eigenvalue weighted by atomic mass is 10.0. The molecule has 1 amide bonds. The fourth-order valence-electron chi connectivity index (χ4n) is 3.40. The summed E-state index contributed by atoms with van der Waals surface area (Å²) < 4.78 is 16.3. The van der Waals surface area contributed by atoms with Gasteiger partial charge in [-0.3, -0.25) is 4.90 Å². The van der Waals surface area contributed by atoms with E-state index in [-0.39, 0.29) is 18.5 Å². The van der Waals surface area contributed by atoms with Gasteiger partial charge in [-0.1, -0.05) is 42.1 Å². The van der Waals surface area contributed by atoms with E-state index in [0.29, 0.717) is 18.8 Å². The lowest BCUT2D eigenvalue weighted by Crippen LogP contribution is -2.34. The van der Waals surface area contributed by atoms with Crippen LogP contribution in [-0.2, 0) is 20.8 Å². The van der Waals surface area contributed by atoms with Crippen LogP contribution in [0.2, 0.25) is 0 Å². The van der Waals surface area contributed by atoms with Gasteiger partial charge in [0.1, 0.15) is 6.10 Å². The largest absolute Gasteiger partial charge is 0.444 e. The first-order chi connectivity index (χ1) is 15.1. The molecule has 2 aliphatic heterocycles. The predicted octanol–water partition coefficient (Wildman–Crippen LogP) is 4.40. The van der Waals surface area contributed by atoms with Crippen LogP contribution >= 0.6 is 0 Å². The number of carbonyl (C=O) groups excluding carboxylic acids is 1. The van der Waals surface area contributed by atoms with Crippen molar-refractivity contribution in [2.24, 2.45) is 0 Å². The van der Waals surface area contributed by atoms with Crippen molar-refractivity contribution in [3.8, 4) is 0 Å². The van der Waals surface area contributed by atoms with Gasteiger partial charge in [-0.15, -0.1) is 0 Å². The first kappa shape index (κ1) is 23.0. The summed E-state index contributed by atoms with van der Waals surface area (Å²) in [5.74, 6) is 0. The summed E-state index contributed by atoms with van der Waals surface area (Å²) in [5.41, 5.74) is 7.37. The van der Waals surface area contributed by atoms with Crippen molar-refractivity contribution in [3.63, 3.8) is 0 Å². The van der Waals surface area contributed by atoms with Gasteiger partial charge in [0, 0.05) is 13.1 Å². The third-order valence-corrected chi connectivity index (χ3v) is 5.09. The zero-order valence-corrected chi connectivity index (χ0v) is 18.6. The Hall–Kier alpha value is -2.63. The zero-order chi connectivity index (χ0) is 22.1. The number of nitrogens with zero attached hydrogens (tertiary/aromatic N) is 1. The van der Waals surface area contributed by atoms with Gasteiger partial charge in [-0.25, -0.2) is 4.79 Å². The van der Waals surface area contributed by atoms with E-state index in [2.05, 4.69) is 42.2 Å². The molecule has 0 aromatic heterocycles. The molecule has 166 valence electrons. The molecule has 1 unspecified atom stereocenters. The van der Waals surface area contributed by atoms with E-state index in [0.717, 1.165) is 37.3 Å². The Morgan fingerprint density at radius 3 is 2.65 bits per heavy atom. The van der Waals surface area contributed by atoms with Gasteiger partial charge in [0.2, 0.25) is 0 Å². The molecule has 31 heavy (non-hydrogen) atoms. The summed E-state index contributed by atoms with van der Waals surface area (Å²) in [6, 6.07) is 8.46. The molecule has 1 N–H and O–H groups in total. The fraction of sp³-hybridized carbons (Fsp3) is 0.440. The lowest BCUT2D eigenvalue weighted by Gasteiger charge is -2.23. The number of carbonyl (C=O) groups is 1. The SMILES string of the molecule is C/C=C\C(=C=C/C=C(\C)c1ccc(CNCC2OCCCO2)cc1)N1CC(C)OC1=O. The number of hydrogen-bond acceptors (Lipinski definition) is 5. The van der Waals surface area contributed by atoms with Crippen LogP contribution in [0.15, 0.2) is 60.0 Å². The quantitative estimate of drug-likeness (QED) is 0.495. The molecule has 1 aromatic rings. The number of hydrogen-bond donors (Lipinski definition) is 1. The van der Waals surface area contributed by atoms with Gasteiger partial charge in [-0.05, 0) is 56.0 Å². The first-order valence-corrected chi connectivity index (χ1v) is 10.8. The average Bonchev–Trinajstić information content (AvgIpc) is 3.12. The molecule has 2 saturated heterocycles. The Bertz CT molecular complexity index is 860. The maximum Gasteiger partial charge on any atom is 0.415 e. The smallest absolute Gasteiger partial charge is 0.415 e. The van der Waals surface area contributed by atoms with Gasteiger partial charge in [0.25, 0.3) is 0 Å². The Balaban J connectivity index is 1.58. The highest BCUT2D eigenvalue weighted by atomic mass is 16.7. The van der Waals surface area contributed by atoms with Crippen molar-refractivity contribution < 1.29 is 19.0 Å². The highest BCUT2D eigenvalue weighted by Crippen LogP contribution is 2.18. The number of benzene rings is 1. The summed E-state index contributed by atoms with van der Waals surface area (Å²) in [7, 11) is 0. The van der Waals surface area contributed by atoms with Crippen LogP contribution in [-0.4, -0.2) is 49.7 Å². The molecule has 1 aromatic carbocycles. The summed E-state index contributed by atoms with van der Waals surface area (Å²) in [6.07, 6.45) is 8.00. The molecular formula is C25H32N2O4. The van der Waals surface area contributed by atoms with Crippen LogP contribution in [0.1, 0.15) is 38.3 Å². The Labute approximate surface area is 184 Å². The summed E-state index contributed by atoms with van der Waals surface area (Å²) in [6.45, 7) is 9.40. The van der Waals surface area contributed by atoms with Crippen molar-refractivity contribution in [2.45, 2.75) is 46.1 Å². The molecule has 6 nitrogen and oxygen atoms in total. The number of cyclic esters (lactones) is 1. The van der Waals surface area contributed by atoms with E-state index < -0.39 is 0 Å². The molecule has 0 saturated carbocycles. The van der Waals surface area contributed by atoms with E-state index in [1.807, 2.05) is 38.2 Å². The van der Waals surface area contributed by atoms with Gasteiger partial charge >= 0.3 is 6.09 Å². The second kappa shape index (κ2) is 11.7. The molecule has 1 atom stereocenters. The second-order valence-corrected chi connectivity index (χ2v) is 7.70. The van der Waals surface area contributed by atoms with Crippen LogP contribution in [0.4, 0.5) is 4.79 Å². The topological polar surface area (TPSA) is 60.0 Å². The van der Waals surface area contributed by atoms with E-state index >= 15 is 0 Å². The summed E-state index contributed by atoms with van der Waals surface area (Å²) in [4.78, 5) is 13.6. The van der Waals surface area contributed by atoms with Gasteiger partial charge in [0.15, 0.2) is 6.29 Å². The maximum atomic E-state index is 12.0. The van der Waals surface area contributed by atoms with Gasteiger partial charge in [-0.2, -0.15) is 0 Å². The maximum absolute atomic E-state index is 12.0. The lowest BCUT2D eigenvalue weighted by molar-refractivity contribution is -0.175. The molecule has 0 aliphatic carbocycles. The van der Waals surface area contributed by atoms with Crippen molar-refractivity contribution in [1.29, 1.82) is 0 Å². The normalized spacial score (nSPS) is 20.1. The first-order valence-electron chi connectivity index (χ1n) is 10.8. The van der Waals surface area contributed by atoms with Crippen molar-refractivity contribution in [3.05, 3.63) is 71.1 Å². The van der Waals surface area contributed by atoms with Gasteiger partial charge < -0.3 is 19.5 Å². The summed E-state index contributed by atoms with van der Waals surface area (Å²) >= 11 is 0. The van der Waals surface area contributed by atoms with E-state index in [1.54, 1.807) is 4.90 Å². The standard InChI is InChI=1S/C25H32N2O4/c1-4-7-23(27-18-20(3)31-25(27)28)9-5-8-19(2)22-12-10-21(11-13-22)16-26-17-24-29-14-6-15-30-24/h4-5,7-8,10-13,20,24,26H,6,14-18H2,1-3H3/b7-4-,19-8+. The minimum atomic E-state index is -0.326. The average molecular weight is 425 g/mol. The highest BCUT2D eigenvalue weighted by Gasteiger charge is 2.29. The highest BCUT2D eigenvalue weighted by molar-refractivity contribution is 5.73. The number of rotatable bonds is 8. The van der Waals surface area contributed by atoms with E-state index in [1.165, 1.54) is 5.56 Å². The van der Waals surface area contributed by atoms with Crippen molar-refractivity contribution in [2.75, 3.05) is 26.3 Å². The molecule has 0 bridgehead atoms. The van der Waals surface area contributed by atoms with Crippen LogP contribution < -0.4 is 5.32 Å². The van der Waals surface area contributed by atoms with Crippen LogP contribution in [0.3, 0.4) is 0 Å². The number of ether oxygens (including phenoxy) is 3. The molecule has 2 aliphatic rings. The number of allylic oxidation sites excluding steroid dienone is 4. The van der Waals surface area contributed by atoms with E-state index in [9.17, 15) is 4.79 Å². The molecule has 2 fully saturated rings. The number of amides is 1. The van der Waals surface area contributed by atoms with Crippen LogP contribution in [0, 0.1) is 0 Å². The molecule has 0 radical (unpaired) electrons. The second-order valence-electron chi connectivity index (χ2n) is 7.70. The van der Waals surface area contributed by atoms with Crippen LogP contribution in [0.25, 0.3) is 5.57 Å². The number of nitrogens with one attached hydrogen (secondary N) is 1. The molecule has 0 spiro atoms. The Morgan fingerprint density at radius 2 is 2.00 bits per heavy atom. The van der Waals surface area contributed by atoms with Crippen LogP contribution in [0.5, 0.6) is 0 Å². The summed E-state index contributed by atoms with van der Waals surface area (Å²) in [5, 5.41) is 3.38. The predicted molar refractivity (Wildman–Crippen MR) is 121 cm³/mol. The molecular weight excluding hydrogens is 392 g/mol. The zero-order valence-electron chi connectivity index (χ0n) is 18.6. The third-order valence-electron chi connectivity index (χ3n) is 5.09. The Morgan fingerprint density at radius 1 is 1.26 bits per heavy atom. The molecule has 6 heteroatoms. The van der Waals surface area contributed by atoms with Crippen molar-refractivity contribution in [1.82, 2.24) is 10.2 Å². The van der Waals surface area contributed by atoms with Crippen molar-refractivity contribution >= 4 is 11.7 Å². The van der Waals surface area contributed by atoms with Gasteiger partial charge in [0.05, 0.1) is 25.5 Å². The fourth-order valence-corrected chi connectivity index (χ4v) is 3.40.